The molecule has 1 aliphatic rings. The molecular weight excluding hydrogens is 448 g/mol. The molecule has 33 heavy (non-hydrogen) atoms. The predicted octanol–water partition coefficient (Wildman–Crippen LogP) is 0.909. The van der Waals surface area contributed by atoms with Crippen molar-refractivity contribution < 1.29 is 27.9 Å². The van der Waals surface area contributed by atoms with E-state index in [4.69, 9.17) is 0 Å². The van der Waals surface area contributed by atoms with Crippen molar-refractivity contribution in [2.45, 2.75) is 36.4 Å². The molecule has 2 aromatic rings. The number of aliphatic carboxylic acids is 1. The van der Waals surface area contributed by atoms with E-state index in [2.05, 4.69) is 16.0 Å². The average Bonchev–Trinajstić information content (AvgIpc) is 3.32. The molecule has 0 aliphatic carbocycles. The molecule has 11 heteroatoms. The first-order chi connectivity index (χ1) is 15.8. The summed E-state index contributed by atoms with van der Waals surface area (Å²) >= 11 is 0. The number of carboxylic acids is 1. The first kappa shape index (κ1) is 24.2. The quantitative estimate of drug-likeness (QED) is 0.425. The van der Waals surface area contributed by atoms with E-state index in [-0.39, 0.29) is 31.0 Å². The van der Waals surface area contributed by atoms with Gasteiger partial charge in [0, 0.05) is 13.1 Å². The third kappa shape index (κ3) is 6.30. The molecule has 2 atom stereocenters. The number of nitrogens with zero attached hydrogens (tertiary/aromatic N) is 1. The number of carboxylic acid groups (broad SMARTS) is 1. The van der Waals surface area contributed by atoms with Crippen LogP contribution in [0.5, 0.6) is 0 Å². The largest absolute Gasteiger partial charge is 0.480 e. The molecule has 3 rings (SSSR count). The summed E-state index contributed by atoms with van der Waals surface area (Å²) in [5.41, 5.74) is 0.872. The van der Waals surface area contributed by atoms with Gasteiger partial charge in [-0.2, -0.15) is 4.31 Å². The van der Waals surface area contributed by atoms with Crippen LogP contribution in [0.2, 0.25) is 0 Å². The highest BCUT2D eigenvalue weighted by atomic mass is 32.2. The number of rotatable bonds is 9. The molecule has 1 heterocycles. The van der Waals surface area contributed by atoms with Crippen molar-refractivity contribution in [2.75, 3.05) is 13.1 Å². The molecule has 10 nitrogen and oxygen atoms in total. The molecule has 0 saturated carbocycles. The van der Waals surface area contributed by atoms with Gasteiger partial charge in [-0.05, 0) is 30.5 Å². The second kappa shape index (κ2) is 10.9. The zero-order chi connectivity index (χ0) is 23.8. The van der Waals surface area contributed by atoms with Gasteiger partial charge in [0.2, 0.25) is 15.9 Å². The van der Waals surface area contributed by atoms with Crippen molar-refractivity contribution in [1.29, 1.82) is 0 Å². The van der Waals surface area contributed by atoms with Crippen LogP contribution in [-0.4, -0.2) is 60.9 Å². The summed E-state index contributed by atoms with van der Waals surface area (Å²) in [7, 11) is -3.90. The lowest BCUT2D eigenvalue weighted by Crippen LogP contribution is -2.54. The molecule has 176 valence electrons. The van der Waals surface area contributed by atoms with Gasteiger partial charge in [-0.1, -0.05) is 48.5 Å². The maximum atomic E-state index is 12.9. The summed E-state index contributed by atoms with van der Waals surface area (Å²) in [4.78, 5) is 36.5. The first-order valence-electron chi connectivity index (χ1n) is 10.4. The van der Waals surface area contributed by atoms with Gasteiger partial charge in [0.05, 0.1) is 11.4 Å². The Labute approximate surface area is 192 Å². The monoisotopic (exact) mass is 474 g/mol. The Balaban J connectivity index is 1.58. The molecule has 3 amide bonds. The zero-order valence-electron chi connectivity index (χ0n) is 17.8. The fourth-order valence-electron chi connectivity index (χ4n) is 3.52. The Kier molecular flexibility index (Phi) is 8.01. The standard InChI is InChI=1S/C22H26N4O6S/c27-20(19-12-7-13-26(19)33(31,32)17-10-5-2-6-11-17)25-18(21(28)29)15-24-22(30)23-14-16-8-3-1-4-9-16/h1-6,8-11,18-19H,7,12-15H2,(H,25,27)(H,28,29)(H2,23,24,30)/t18-,19-/m0/s1. The molecule has 1 saturated heterocycles. The Bertz CT molecular complexity index is 1080. The fourth-order valence-corrected chi connectivity index (χ4v) is 5.20. The van der Waals surface area contributed by atoms with E-state index >= 15 is 0 Å². The highest BCUT2D eigenvalue weighted by Gasteiger charge is 2.40. The van der Waals surface area contributed by atoms with Gasteiger partial charge in [-0.15, -0.1) is 0 Å². The van der Waals surface area contributed by atoms with E-state index in [9.17, 15) is 27.9 Å². The molecule has 4 N–H and O–H groups in total. The van der Waals surface area contributed by atoms with Gasteiger partial charge < -0.3 is 21.1 Å². The summed E-state index contributed by atoms with van der Waals surface area (Å²) in [6.45, 7) is 0.0538. The fraction of sp³-hybridized carbons (Fsp3) is 0.318. The van der Waals surface area contributed by atoms with E-state index in [1.54, 1.807) is 18.2 Å². The van der Waals surface area contributed by atoms with Gasteiger partial charge >= 0.3 is 12.0 Å². The normalized spacial score (nSPS) is 17.2. The SMILES string of the molecule is O=C(NCc1ccccc1)NC[C@H](NC(=O)[C@@H]1CCCN1S(=O)(=O)c1ccccc1)C(=O)O. The number of nitrogens with one attached hydrogen (secondary N) is 3. The number of carbonyl (C=O) groups is 3. The lowest BCUT2D eigenvalue weighted by Gasteiger charge is -2.25. The lowest BCUT2D eigenvalue weighted by atomic mass is 10.2. The number of carbonyl (C=O) groups excluding carboxylic acids is 2. The zero-order valence-corrected chi connectivity index (χ0v) is 18.6. The number of hydrogen-bond acceptors (Lipinski definition) is 5. The minimum Gasteiger partial charge on any atom is -0.480 e. The minimum absolute atomic E-state index is 0.0660. The number of amides is 3. The first-order valence-corrected chi connectivity index (χ1v) is 11.9. The summed E-state index contributed by atoms with van der Waals surface area (Å²) in [6, 6.07) is 13.9. The predicted molar refractivity (Wildman–Crippen MR) is 120 cm³/mol. The van der Waals surface area contributed by atoms with Crippen LogP contribution in [0.3, 0.4) is 0 Å². The number of urea groups is 1. The second-order valence-corrected chi connectivity index (χ2v) is 9.43. The van der Waals surface area contributed by atoms with Crippen molar-refractivity contribution in [3.05, 3.63) is 66.2 Å². The van der Waals surface area contributed by atoms with Gasteiger partial charge in [0.15, 0.2) is 0 Å². The lowest BCUT2D eigenvalue weighted by molar-refractivity contribution is -0.142. The molecule has 0 unspecified atom stereocenters. The van der Waals surface area contributed by atoms with Crippen molar-refractivity contribution in [2.24, 2.45) is 0 Å². The molecule has 0 spiro atoms. The summed E-state index contributed by atoms with van der Waals surface area (Å²) in [5.74, 6) is -2.06. The minimum atomic E-state index is -3.90. The van der Waals surface area contributed by atoms with E-state index in [0.29, 0.717) is 6.42 Å². The number of benzene rings is 2. The van der Waals surface area contributed by atoms with Crippen LogP contribution in [0.25, 0.3) is 0 Å². The van der Waals surface area contributed by atoms with Gasteiger partial charge in [0.25, 0.3) is 0 Å². The third-order valence-electron chi connectivity index (χ3n) is 5.23. The average molecular weight is 475 g/mol. The molecular formula is C22H26N4O6S. The van der Waals surface area contributed by atoms with E-state index in [0.717, 1.165) is 9.87 Å². The Morgan fingerprint density at radius 1 is 1.00 bits per heavy atom. The number of sulfonamides is 1. The molecule has 1 fully saturated rings. The van der Waals surface area contributed by atoms with Crippen LogP contribution in [0, 0.1) is 0 Å². The van der Waals surface area contributed by atoms with E-state index in [1.165, 1.54) is 12.1 Å². The van der Waals surface area contributed by atoms with Crippen molar-refractivity contribution in [3.63, 3.8) is 0 Å². The topological polar surface area (TPSA) is 145 Å². The summed E-state index contributed by atoms with van der Waals surface area (Å²) < 4.78 is 27.0. The molecule has 2 aromatic carbocycles. The molecule has 1 aliphatic heterocycles. The van der Waals surface area contributed by atoms with Gasteiger partial charge in [-0.25, -0.2) is 18.0 Å². The Morgan fingerprint density at radius 2 is 1.64 bits per heavy atom. The Hall–Kier alpha value is -3.44. The third-order valence-corrected chi connectivity index (χ3v) is 7.16. The smallest absolute Gasteiger partial charge is 0.328 e. The van der Waals surface area contributed by atoms with Crippen LogP contribution >= 0.6 is 0 Å². The summed E-state index contributed by atoms with van der Waals surface area (Å²) in [5, 5.41) is 16.8. The van der Waals surface area contributed by atoms with Crippen LogP contribution in [0.4, 0.5) is 4.79 Å². The molecule has 0 bridgehead atoms. The van der Waals surface area contributed by atoms with Crippen LogP contribution < -0.4 is 16.0 Å². The van der Waals surface area contributed by atoms with Crippen molar-refractivity contribution in [1.82, 2.24) is 20.3 Å². The van der Waals surface area contributed by atoms with Crippen LogP contribution in [0.1, 0.15) is 18.4 Å². The van der Waals surface area contributed by atoms with Crippen LogP contribution in [0.15, 0.2) is 65.6 Å². The molecule has 0 aromatic heterocycles. The van der Waals surface area contributed by atoms with Crippen molar-refractivity contribution >= 4 is 27.9 Å². The second-order valence-electron chi connectivity index (χ2n) is 7.54. The van der Waals surface area contributed by atoms with Gasteiger partial charge in [0.1, 0.15) is 12.1 Å². The van der Waals surface area contributed by atoms with Crippen molar-refractivity contribution in [3.8, 4) is 0 Å². The van der Waals surface area contributed by atoms with E-state index < -0.39 is 40.0 Å². The van der Waals surface area contributed by atoms with Crippen LogP contribution in [-0.2, 0) is 26.2 Å². The highest BCUT2D eigenvalue weighted by Crippen LogP contribution is 2.26. The maximum Gasteiger partial charge on any atom is 0.328 e. The molecule has 0 radical (unpaired) electrons. The summed E-state index contributed by atoms with van der Waals surface area (Å²) in [6.07, 6.45) is 0.747. The number of hydrogen-bond donors (Lipinski definition) is 4. The highest BCUT2D eigenvalue weighted by molar-refractivity contribution is 7.89. The Morgan fingerprint density at radius 3 is 2.27 bits per heavy atom. The maximum absolute atomic E-state index is 12.9. The van der Waals surface area contributed by atoms with Gasteiger partial charge in [-0.3, -0.25) is 4.79 Å². The van der Waals surface area contributed by atoms with E-state index in [1.807, 2.05) is 30.3 Å².